The van der Waals surface area contributed by atoms with Crippen molar-refractivity contribution in [3.05, 3.63) is 80.4 Å². The van der Waals surface area contributed by atoms with E-state index in [0.29, 0.717) is 27.1 Å². The summed E-state index contributed by atoms with van der Waals surface area (Å²) in [6, 6.07) is 11.6. The van der Waals surface area contributed by atoms with E-state index in [1.807, 2.05) is 0 Å². The van der Waals surface area contributed by atoms with Crippen LogP contribution in [0, 0.1) is 12.7 Å². The molecule has 3 aromatic rings. The maximum atomic E-state index is 13.4. The van der Waals surface area contributed by atoms with Gasteiger partial charge in [0.05, 0.1) is 0 Å². The van der Waals surface area contributed by atoms with Crippen molar-refractivity contribution >= 4 is 46.4 Å². The van der Waals surface area contributed by atoms with Gasteiger partial charge in [-0.25, -0.2) is 9.37 Å². The number of hydrogen-bond donors (Lipinski definition) is 2. The van der Waals surface area contributed by atoms with E-state index in [1.54, 1.807) is 13.0 Å². The van der Waals surface area contributed by atoms with E-state index in [1.165, 1.54) is 42.5 Å². The fourth-order valence-corrected chi connectivity index (χ4v) is 3.06. The molecule has 0 saturated carbocycles. The first-order chi connectivity index (χ1) is 13.3. The van der Waals surface area contributed by atoms with Gasteiger partial charge >= 0.3 is 0 Å². The Bertz CT molecular complexity index is 1080. The van der Waals surface area contributed by atoms with Crippen molar-refractivity contribution in [1.29, 1.82) is 0 Å². The smallest absolute Gasteiger partial charge is 0.255 e. The summed E-state index contributed by atoms with van der Waals surface area (Å²) in [5.74, 6) is -0.801. The van der Waals surface area contributed by atoms with E-state index >= 15 is 0 Å². The van der Waals surface area contributed by atoms with Crippen LogP contribution in [0.5, 0.6) is 0 Å². The van der Waals surface area contributed by atoms with Crippen molar-refractivity contribution in [2.45, 2.75) is 13.5 Å². The van der Waals surface area contributed by atoms with E-state index in [2.05, 4.69) is 15.6 Å². The monoisotopic (exact) mass is 420 g/mol. The molecule has 0 bridgehead atoms. The third-order valence-corrected chi connectivity index (χ3v) is 4.10. The highest BCUT2D eigenvalue weighted by Crippen LogP contribution is 2.22. The first-order valence-electron chi connectivity index (χ1n) is 8.17. The highest BCUT2D eigenvalue weighted by atomic mass is 35.5. The van der Waals surface area contributed by atoms with E-state index in [-0.39, 0.29) is 12.5 Å². The molecule has 2 aromatic carbocycles. The first-order valence-corrected chi connectivity index (χ1v) is 8.93. The van der Waals surface area contributed by atoms with Gasteiger partial charge in [-0.3, -0.25) is 14.2 Å². The van der Waals surface area contributed by atoms with Crippen LogP contribution < -0.4 is 16.2 Å². The Labute approximate surface area is 169 Å². The van der Waals surface area contributed by atoms with Gasteiger partial charge in [0.15, 0.2) is 0 Å². The number of hydrogen-bond acceptors (Lipinski definition) is 4. The van der Waals surface area contributed by atoms with Crippen molar-refractivity contribution in [2.24, 2.45) is 0 Å². The third-order valence-electron chi connectivity index (χ3n) is 3.67. The molecular weight excluding hydrogens is 406 g/mol. The number of rotatable bonds is 5. The molecule has 1 heterocycles. The van der Waals surface area contributed by atoms with Crippen molar-refractivity contribution in [3.8, 4) is 0 Å². The fraction of sp³-hybridized carbons (Fsp3) is 0.105. The van der Waals surface area contributed by atoms with Crippen molar-refractivity contribution in [2.75, 3.05) is 10.6 Å². The molecule has 9 heteroatoms. The number of anilines is 3. The number of nitrogens with one attached hydrogen (secondary N) is 2. The lowest BCUT2D eigenvalue weighted by Gasteiger charge is -2.14. The minimum atomic E-state index is -0.478. The Morgan fingerprint density at radius 2 is 1.82 bits per heavy atom. The van der Waals surface area contributed by atoms with E-state index in [9.17, 15) is 14.0 Å². The summed E-state index contributed by atoms with van der Waals surface area (Å²) in [7, 11) is 0. The summed E-state index contributed by atoms with van der Waals surface area (Å²) in [5.41, 5.74) is 0.830. The largest absolute Gasteiger partial charge is 0.325 e. The zero-order chi connectivity index (χ0) is 20.3. The second-order valence-electron chi connectivity index (χ2n) is 5.99. The van der Waals surface area contributed by atoms with Crippen LogP contribution >= 0.6 is 23.2 Å². The van der Waals surface area contributed by atoms with Gasteiger partial charge < -0.3 is 10.6 Å². The lowest BCUT2D eigenvalue weighted by molar-refractivity contribution is -0.116. The van der Waals surface area contributed by atoms with Crippen LogP contribution in [0.4, 0.5) is 21.7 Å². The van der Waals surface area contributed by atoms with Crippen molar-refractivity contribution < 1.29 is 9.18 Å². The average Bonchev–Trinajstić information content (AvgIpc) is 2.57. The standard InChI is InChI=1S/C19H15Cl2FN4O2/c1-11-5-18(28)26(19(23-11)25-15-4-2-3-14(22)9-15)10-17(27)24-16-7-12(20)6-13(21)8-16/h2-9H,10H2,1H3,(H,23,25)(H,24,27). The van der Waals surface area contributed by atoms with Gasteiger partial charge in [-0.2, -0.15) is 0 Å². The SMILES string of the molecule is Cc1cc(=O)n(CC(=O)Nc2cc(Cl)cc(Cl)c2)c(Nc2cccc(F)c2)n1. The zero-order valence-electron chi connectivity index (χ0n) is 14.7. The van der Waals surface area contributed by atoms with E-state index < -0.39 is 17.3 Å². The molecule has 0 aliphatic carbocycles. The molecule has 0 spiro atoms. The predicted molar refractivity (Wildman–Crippen MR) is 108 cm³/mol. The molecule has 0 unspecified atom stereocenters. The van der Waals surface area contributed by atoms with Crippen LogP contribution in [0.25, 0.3) is 0 Å². The lowest BCUT2D eigenvalue weighted by atomic mass is 10.3. The van der Waals surface area contributed by atoms with Gasteiger partial charge in [-0.15, -0.1) is 0 Å². The van der Waals surface area contributed by atoms with Crippen LogP contribution in [-0.2, 0) is 11.3 Å². The molecule has 28 heavy (non-hydrogen) atoms. The maximum Gasteiger partial charge on any atom is 0.255 e. The summed E-state index contributed by atoms with van der Waals surface area (Å²) in [5, 5.41) is 6.24. The Balaban J connectivity index is 1.86. The minimum absolute atomic E-state index is 0.120. The van der Waals surface area contributed by atoms with Crippen LogP contribution in [0.15, 0.2) is 53.3 Å². The van der Waals surface area contributed by atoms with Gasteiger partial charge in [-0.05, 0) is 43.3 Å². The minimum Gasteiger partial charge on any atom is -0.325 e. The molecule has 3 rings (SSSR count). The Kier molecular flexibility index (Phi) is 5.96. The normalized spacial score (nSPS) is 10.6. The summed E-state index contributed by atoms with van der Waals surface area (Å²) in [6.07, 6.45) is 0. The maximum absolute atomic E-state index is 13.4. The number of halogens is 3. The number of carbonyl (C=O) groups excluding carboxylic acids is 1. The molecule has 0 atom stereocenters. The number of amides is 1. The second-order valence-corrected chi connectivity index (χ2v) is 6.86. The summed E-state index contributed by atoms with van der Waals surface area (Å²) in [6.45, 7) is 1.34. The van der Waals surface area contributed by atoms with Gasteiger partial charge in [0.1, 0.15) is 12.4 Å². The Morgan fingerprint density at radius 1 is 1.11 bits per heavy atom. The third kappa shape index (κ3) is 5.09. The molecule has 6 nitrogen and oxygen atoms in total. The van der Waals surface area contributed by atoms with Crippen LogP contribution in [0.1, 0.15) is 5.69 Å². The highest BCUT2D eigenvalue weighted by molar-refractivity contribution is 6.35. The Morgan fingerprint density at radius 3 is 2.50 bits per heavy atom. The molecule has 1 amide bonds. The number of benzene rings is 2. The average molecular weight is 421 g/mol. The number of nitrogens with zero attached hydrogens (tertiary/aromatic N) is 2. The summed E-state index contributed by atoms with van der Waals surface area (Å²) < 4.78 is 14.6. The highest BCUT2D eigenvalue weighted by Gasteiger charge is 2.13. The van der Waals surface area contributed by atoms with Crippen LogP contribution in [0.3, 0.4) is 0 Å². The topological polar surface area (TPSA) is 76.0 Å². The van der Waals surface area contributed by atoms with E-state index in [0.717, 1.165) is 4.57 Å². The van der Waals surface area contributed by atoms with E-state index in [4.69, 9.17) is 23.2 Å². The van der Waals surface area contributed by atoms with Crippen LogP contribution in [0.2, 0.25) is 10.0 Å². The summed E-state index contributed by atoms with van der Waals surface area (Å²) >= 11 is 11.8. The molecule has 0 radical (unpaired) electrons. The fourth-order valence-electron chi connectivity index (χ4n) is 2.53. The van der Waals surface area contributed by atoms with Gasteiger partial charge in [0.25, 0.3) is 5.56 Å². The van der Waals surface area contributed by atoms with Crippen molar-refractivity contribution in [3.63, 3.8) is 0 Å². The lowest BCUT2D eigenvalue weighted by Crippen LogP contribution is -2.30. The molecule has 0 saturated heterocycles. The quantitative estimate of drug-likeness (QED) is 0.641. The first kappa shape index (κ1) is 19.9. The number of aromatic nitrogens is 2. The molecule has 144 valence electrons. The molecule has 0 fully saturated rings. The molecule has 0 aliphatic heterocycles. The Hall–Kier alpha value is -2.90. The molecular formula is C19H15Cl2FN4O2. The number of aryl methyl sites for hydroxylation is 1. The molecule has 1 aromatic heterocycles. The molecule has 0 aliphatic rings. The van der Waals surface area contributed by atoms with Gasteiger partial charge in [0, 0.05) is 33.2 Å². The van der Waals surface area contributed by atoms with Crippen molar-refractivity contribution in [1.82, 2.24) is 9.55 Å². The molecule has 2 N–H and O–H groups in total. The van der Waals surface area contributed by atoms with Gasteiger partial charge in [-0.1, -0.05) is 29.3 Å². The van der Waals surface area contributed by atoms with Crippen LogP contribution in [-0.4, -0.2) is 15.5 Å². The zero-order valence-corrected chi connectivity index (χ0v) is 16.2. The second kappa shape index (κ2) is 8.41. The number of carbonyl (C=O) groups is 1. The summed E-state index contributed by atoms with van der Waals surface area (Å²) in [4.78, 5) is 29.1. The predicted octanol–water partition coefficient (Wildman–Crippen LogP) is 4.38. The van der Waals surface area contributed by atoms with Gasteiger partial charge in [0.2, 0.25) is 11.9 Å².